The van der Waals surface area contributed by atoms with Crippen LogP contribution in [0.3, 0.4) is 0 Å². The Morgan fingerprint density at radius 1 is 1.25 bits per heavy atom. The first-order chi connectivity index (χ1) is 13.0. The zero-order chi connectivity index (χ0) is 21.1. The Hall–Kier alpha value is -2.28. The molecular formula is C21H30N4O2S. The molecule has 152 valence electrons. The van der Waals surface area contributed by atoms with Gasteiger partial charge in [-0.1, -0.05) is 26.0 Å². The number of rotatable bonds is 6. The summed E-state index contributed by atoms with van der Waals surface area (Å²) in [6.45, 7) is 10.3. The number of thioether (sulfide) groups is 1. The van der Waals surface area contributed by atoms with Gasteiger partial charge >= 0.3 is 0 Å². The molecule has 0 saturated heterocycles. The van der Waals surface area contributed by atoms with Gasteiger partial charge in [-0.05, 0) is 51.1 Å². The first-order valence-corrected chi connectivity index (χ1v) is 10.6. The smallest absolute Gasteiger partial charge is 0.274 e. The van der Waals surface area contributed by atoms with E-state index in [1.54, 1.807) is 18.8 Å². The summed E-state index contributed by atoms with van der Waals surface area (Å²) >= 11 is 1.56. The Bertz CT molecular complexity index is 852. The molecule has 2 amide bonds. The number of anilines is 1. The number of hydrogen-bond acceptors (Lipinski definition) is 4. The summed E-state index contributed by atoms with van der Waals surface area (Å²) in [5.41, 5.74) is 1.89. The molecule has 6 nitrogen and oxygen atoms in total. The molecule has 0 bridgehead atoms. The van der Waals surface area contributed by atoms with Gasteiger partial charge in [-0.15, -0.1) is 11.8 Å². The van der Waals surface area contributed by atoms with Crippen molar-refractivity contribution >= 4 is 29.3 Å². The molecule has 0 aliphatic rings. The van der Waals surface area contributed by atoms with Crippen molar-refractivity contribution in [2.24, 2.45) is 0 Å². The molecular weight excluding hydrogens is 372 g/mol. The summed E-state index contributed by atoms with van der Waals surface area (Å²) in [7, 11) is 1.62. The minimum Gasteiger partial charge on any atom is -0.331 e. The minimum atomic E-state index is -0.266. The maximum absolute atomic E-state index is 12.8. The fraction of sp³-hybridized carbons (Fsp3) is 0.476. The van der Waals surface area contributed by atoms with Gasteiger partial charge in [-0.2, -0.15) is 5.10 Å². The number of amides is 2. The van der Waals surface area contributed by atoms with Crippen molar-refractivity contribution in [3.63, 3.8) is 0 Å². The van der Waals surface area contributed by atoms with Gasteiger partial charge in [-0.3, -0.25) is 14.3 Å². The lowest BCUT2D eigenvalue weighted by atomic mass is 10.1. The third kappa shape index (κ3) is 5.16. The summed E-state index contributed by atoms with van der Waals surface area (Å²) < 4.78 is 1.90. The summed E-state index contributed by atoms with van der Waals surface area (Å²) in [5.74, 6) is -0.264. The van der Waals surface area contributed by atoms with E-state index < -0.39 is 0 Å². The van der Waals surface area contributed by atoms with Crippen LogP contribution in [0.25, 0.3) is 0 Å². The van der Waals surface area contributed by atoms with Crippen LogP contribution in [0.1, 0.15) is 56.7 Å². The lowest BCUT2D eigenvalue weighted by Crippen LogP contribution is -2.35. The van der Waals surface area contributed by atoms with Gasteiger partial charge in [0.05, 0.1) is 17.8 Å². The topological polar surface area (TPSA) is 67.2 Å². The summed E-state index contributed by atoms with van der Waals surface area (Å²) in [6.07, 6.45) is 1.96. The van der Waals surface area contributed by atoms with Crippen LogP contribution in [-0.2, 0) is 10.3 Å². The third-order valence-corrected chi connectivity index (χ3v) is 5.09. The van der Waals surface area contributed by atoms with Gasteiger partial charge in [0.1, 0.15) is 0 Å². The highest BCUT2D eigenvalue weighted by atomic mass is 32.2. The van der Waals surface area contributed by atoms with Gasteiger partial charge in [0, 0.05) is 17.6 Å². The predicted octanol–water partition coefficient (Wildman–Crippen LogP) is 4.19. The van der Waals surface area contributed by atoms with Crippen LogP contribution in [0.5, 0.6) is 0 Å². The maximum Gasteiger partial charge on any atom is 0.274 e. The molecule has 0 fully saturated rings. The van der Waals surface area contributed by atoms with E-state index in [1.165, 1.54) is 4.90 Å². The van der Waals surface area contributed by atoms with E-state index in [4.69, 9.17) is 0 Å². The van der Waals surface area contributed by atoms with Crippen LogP contribution >= 0.6 is 11.8 Å². The molecule has 2 aromatic rings. The van der Waals surface area contributed by atoms with Crippen molar-refractivity contribution in [1.29, 1.82) is 0 Å². The number of carbonyl (C=O) groups is 2. The lowest BCUT2D eigenvalue weighted by molar-refractivity contribution is -0.116. The molecule has 1 aromatic carbocycles. The molecule has 0 spiro atoms. The number of likely N-dealkylation sites (N-methyl/N-ethyl adjacent to an activating group) is 1. The highest BCUT2D eigenvalue weighted by molar-refractivity contribution is 7.98. The average Bonchev–Trinajstić information content (AvgIpc) is 3.07. The standard InChI is InChI=1S/C21H30N4O2S/c1-14(2)17-12-16(23-25(17)21(3,4)5)20(27)24(6)13-19(26)22-15-10-8-9-11-18(15)28-7/h8-12,14H,13H2,1-7H3,(H,22,26). The molecule has 0 unspecified atom stereocenters. The lowest BCUT2D eigenvalue weighted by Gasteiger charge is -2.23. The van der Waals surface area contributed by atoms with Crippen molar-refractivity contribution in [1.82, 2.24) is 14.7 Å². The molecule has 2 rings (SSSR count). The van der Waals surface area contributed by atoms with E-state index in [0.717, 1.165) is 16.3 Å². The summed E-state index contributed by atoms with van der Waals surface area (Å²) in [5, 5.41) is 7.41. The molecule has 0 radical (unpaired) electrons. The van der Waals surface area contributed by atoms with Crippen LogP contribution in [0.4, 0.5) is 5.69 Å². The number of benzene rings is 1. The van der Waals surface area contributed by atoms with E-state index in [9.17, 15) is 9.59 Å². The Kier molecular flexibility index (Phi) is 6.93. The number of hydrogen-bond donors (Lipinski definition) is 1. The average molecular weight is 403 g/mol. The van der Waals surface area contributed by atoms with E-state index >= 15 is 0 Å². The number of nitrogens with zero attached hydrogens (tertiary/aromatic N) is 3. The summed E-state index contributed by atoms with van der Waals surface area (Å²) in [4.78, 5) is 27.6. The van der Waals surface area contributed by atoms with E-state index in [1.807, 2.05) is 41.3 Å². The van der Waals surface area contributed by atoms with Crippen LogP contribution in [-0.4, -0.2) is 46.3 Å². The second-order valence-corrected chi connectivity index (χ2v) is 8.95. The Morgan fingerprint density at radius 3 is 2.43 bits per heavy atom. The Morgan fingerprint density at radius 2 is 1.89 bits per heavy atom. The molecule has 7 heteroatoms. The fourth-order valence-corrected chi connectivity index (χ4v) is 3.42. The summed E-state index contributed by atoms with van der Waals surface area (Å²) in [6, 6.07) is 9.43. The minimum absolute atomic E-state index is 0.0407. The molecule has 0 atom stereocenters. The predicted molar refractivity (Wildman–Crippen MR) is 115 cm³/mol. The van der Waals surface area contributed by atoms with E-state index in [-0.39, 0.29) is 29.8 Å². The van der Waals surface area contributed by atoms with E-state index in [0.29, 0.717) is 5.69 Å². The number of para-hydroxylation sites is 1. The second kappa shape index (κ2) is 8.82. The number of aromatic nitrogens is 2. The van der Waals surface area contributed by atoms with Gasteiger partial charge < -0.3 is 10.2 Å². The van der Waals surface area contributed by atoms with E-state index in [2.05, 4.69) is 45.0 Å². The van der Waals surface area contributed by atoms with Crippen molar-refractivity contribution in [2.45, 2.75) is 51.0 Å². The first kappa shape index (κ1) is 22.0. The SMILES string of the molecule is CSc1ccccc1NC(=O)CN(C)C(=O)c1cc(C(C)C)n(C(C)(C)C)n1. The van der Waals surface area contributed by atoms with Gasteiger partial charge in [0.15, 0.2) is 5.69 Å². The van der Waals surface area contributed by atoms with Gasteiger partial charge in [0.25, 0.3) is 5.91 Å². The molecule has 1 N–H and O–H groups in total. The zero-order valence-electron chi connectivity index (χ0n) is 17.7. The van der Waals surface area contributed by atoms with Crippen LogP contribution in [0, 0.1) is 0 Å². The van der Waals surface area contributed by atoms with Crippen LogP contribution in [0.2, 0.25) is 0 Å². The highest BCUT2D eigenvalue weighted by Crippen LogP contribution is 2.25. The molecule has 0 aliphatic heterocycles. The molecule has 28 heavy (non-hydrogen) atoms. The normalized spacial score (nSPS) is 11.6. The van der Waals surface area contributed by atoms with Crippen molar-refractivity contribution in [2.75, 3.05) is 25.2 Å². The highest BCUT2D eigenvalue weighted by Gasteiger charge is 2.25. The maximum atomic E-state index is 12.8. The third-order valence-electron chi connectivity index (χ3n) is 4.29. The van der Waals surface area contributed by atoms with Crippen molar-refractivity contribution in [3.05, 3.63) is 41.7 Å². The van der Waals surface area contributed by atoms with Gasteiger partial charge in [-0.25, -0.2) is 0 Å². The molecule has 0 aliphatic carbocycles. The molecule has 1 aromatic heterocycles. The Labute approximate surface area is 171 Å². The zero-order valence-corrected chi connectivity index (χ0v) is 18.6. The quantitative estimate of drug-likeness (QED) is 0.736. The second-order valence-electron chi connectivity index (χ2n) is 8.10. The van der Waals surface area contributed by atoms with Crippen molar-refractivity contribution in [3.8, 4) is 0 Å². The Balaban J connectivity index is 2.13. The van der Waals surface area contributed by atoms with Gasteiger partial charge in [0.2, 0.25) is 5.91 Å². The van der Waals surface area contributed by atoms with Crippen LogP contribution < -0.4 is 5.32 Å². The number of carbonyl (C=O) groups excluding carboxylic acids is 2. The largest absolute Gasteiger partial charge is 0.331 e. The molecule has 0 saturated carbocycles. The fourth-order valence-electron chi connectivity index (χ4n) is 2.87. The molecule has 1 heterocycles. The monoisotopic (exact) mass is 402 g/mol. The van der Waals surface area contributed by atoms with Crippen LogP contribution in [0.15, 0.2) is 35.2 Å². The first-order valence-electron chi connectivity index (χ1n) is 9.33. The number of nitrogens with one attached hydrogen (secondary N) is 1. The van der Waals surface area contributed by atoms with Crippen molar-refractivity contribution < 1.29 is 9.59 Å².